The van der Waals surface area contributed by atoms with Gasteiger partial charge in [-0.25, -0.2) is 13.4 Å². The monoisotopic (exact) mass is 552 g/mol. The van der Waals surface area contributed by atoms with Crippen LogP contribution in [-0.2, 0) is 10.0 Å². The Labute approximate surface area is 230 Å². The number of anilines is 2. The Balaban J connectivity index is 1.29. The minimum atomic E-state index is -3.53. The first-order valence-electron chi connectivity index (χ1n) is 14.4. The fourth-order valence-electron chi connectivity index (χ4n) is 6.72. The van der Waals surface area contributed by atoms with E-state index in [0.717, 1.165) is 49.7 Å². The van der Waals surface area contributed by atoms with Crippen molar-refractivity contribution in [2.24, 2.45) is 5.73 Å². The second-order valence-electron chi connectivity index (χ2n) is 11.6. The molecular formula is C28H40N8O2S. The number of imidazole rings is 1. The van der Waals surface area contributed by atoms with Gasteiger partial charge in [0.25, 0.3) is 0 Å². The largest absolute Gasteiger partial charge is 0.382 e. The second-order valence-corrected chi connectivity index (χ2v) is 13.5. The summed E-state index contributed by atoms with van der Waals surface area (Å²) < 4.78 is 30.5. The molecule has 3 aliphatic rings. The molecule has 11 heteroatoms. The molecule has 210 valence electrons. The van der Waals surface area contributed by atoms with Crippen molar-refractivity contribution < 1.29 is 8.42 Å². The highest BCUT2D eigenvalue weighted by Crippen LogP contribution is 2.36. The Morgan fingerprint density at radius 3 is 2.21 bits per heavy atom. The number of hydrogen-bond donors (Lipinski definition) is 2. The summed E-state index contributed by atoms with van der Waals surface area (Å²) in [6, 6.07) is 8.09. The summed E-state index contributed by atoms with van der Waals surface area (Å²) in [7, 11) is -3.53. The molecule has 0 radical (unpaired) electrons. The molecule has 0 amide bonds. The topological polar surface area (TPSA) is 136 Å². The molecule has 0 unspecified atom stereocenters. The lowest BCUT2D eigenvalue weighted by molar-refractivity contribution is 0.277. The number of piperidine rings is 1. The van der Waals surface area contributed by atoms with Gasteiger partial charge >= 0.3 is 0 Å². The van der Waals surface area contributed by atoms with Gasteiger partial charge in [0.15, 0.2) is 11.5 Å². The number of benzene rings is 1. The SMILES string of the molecule is Cc1ccc(S(=O)(=O)N2CCC(N(c3nc(N)c4ncn(C5CCCC5)c4n3)C3CCC(N)CC3)CC2)cc1. The molecule has 3 heterocycles. The Kier molecular flexibility index (Phi) is 7.24. The van der Waals surface area contributed by atoms with Gasteiger partial charge in [0.1, 0.15) is 5.52 Å². The van der Waals surface area contributed by atoms with Crippen LogP contribution in [0.5, 0.6) is 0 Å². The summed E-state index contributed by atoms with van der Waals surface area (Å²) in [5.41, 5.74) is 15.3. The van der Waals surface area contributed by atoms with E-state index in [9.17, 15) is 8.42 Å². The van der Waals surface area contributed by atoms with Crippen molar-refractivity contribution in [1.29, 1.82) is 0 Å². The number of rotatable bonds is 6. The normalized spacial score (nSPS) is 23.9. The smallest absolute Gasteiger partial charge is 0.243 e. The van der Waals surface area contributed by atoms with Gasteiger partial charge in [-0.1, -0.05) is 30.5 Å². The minimum absolute atomic E-state index is 0.119. The number of nitrogens with zero attached hydrogens (tertiary/aromatic N) is 6. The van der Waals surface area contributed by atoms with Crippen LogP contribution in [0.25, 0.3) is 11.2 Å². The molecule has 2 aromatic heterocycles. The fourth-order valence-corrected chi connectivity index (χ4v) is 8.19. The van der Waals surface area contributed by atoms with E-state index in [4.69, 9.17) is 21.4 Å². The number of aromatic nitrogens is 4. The molecule has 0 spiro atoms. The number of sulfonamides is 1. The van der Waals surface area contributed by atoms with Crippen LogP contribution in [0.3, 0.4) is 0 Å². The quantitative estimate of drug-likeness (QED) is 0.472. The summed E-state index contributed by atoms with van der Waals surface area (Å²) in [6.45, 7) is 2.88. The maximum absolute atomic E-state index is 13.4. The van der Waals surface area contributed by atoms with Crippen LogP contribution < -0.4 is 16.4 Å². The van der Waals surface area contributed by atoms with Crippen LogP contribution in [0.2, 0.25) is 0 Å². The van der Waals surface area contributed by atoms with E-state index in [1.807, 2.05) is 25.4 Å². The van der Waals surface area contributed by atoms with E-state index < -0.39 is 10.0 Å². The summed E-state index contributed by atoms with van der Waals surface area (Å²) >= 11 is 0. The molecule has 3 fully saturated rings. The molecule has 0 bridgehead atoms. The molecule has 0 atom stereocenters. The highest BCUT2D eigenvalue weighted by Gasteiger charge is 2.37. The van der Waals surface area contributed by atoms with Crippen molar-refractivity contribution in [3.63, 3.8) is 0 Å². The molecule has 1 aromatic carbocycles. The van der Waals surface area contributed by atoms with Crippen LogP contribution in [0.4, 0.5) is 11.8 Å². The third kappa shape index (κ3) is 5.12. The molecular weight excluding hydrogens is 512 g/mol. The van der Waals surface area contributed by atoms with Crippen LogP contribution in [0.15, 0.2) is 35.5 Å². The fraction of sp³-hybridized carbons (Fsp3) is 0.607. The molecule has 2 saturated carbocycles. The van der Waals surface area contributed by atoms with Crippen LogP contribution in [-0.4, -0.2) is 63.5 Å². The predicted octanol–water partition coefficient (Wildman–Crippen LogP) is 3.76. The van der Waals surface area contributed by atoms with E-state index in [1.165, 1.54) is 12.8 Å². The van der Waals surface area contributed by atoms with Crippen molar-refractivity contribution in [1.82, 2.24) is 23.8 Å². The van der Waals surface area contributed by atoms with Crippen molar-refractivity contribution in [3.05, 3.63) is 36.2 Å². The van der Waals surface area contributed by atoms with Gasteiger partial charge < -0.3 is 20.9 Å². The van der Waals surface area contributed by atoms with Gasteiger partial charge in [-0.15, -0.1) is 0 Å². The average molecular weight is 553 g/mol. The first-order valence-corrected chi connectivity index (χ1v) is 15.9. The van der Waals surface area contributed by atoms with Gasteiger partial charge in [-0.3, -0.25) is 0 Å². The van der Waals surface area contributed by atoms with Gasteiger partial charge in [-0.05, 0) is 70.4 Å². The van der Waals surface area contributed by atoms with Crippen molar-refractivity contribution >= 4 is 33.0 Å². The van der Waals surface area contributed by atoms with E-state index in [1.54, 1.807) is 16.4 Å². The highest BCUT2D eigenvalue weighted by molar-refractivity contribution is 7.89. The Morgan fingerprint density at radius 1 is 0.897 bits per heavy atom. The first kappa shape index (κ1) is 26.5. The van der Waals surface area contributed by atoms with E-state index >= 15 is 0 Å². The lowest BCUT2D eigenvalue weighted by atomic mass is 9.89. The number of nitrogen functional groups attached to an aromatic ring is 1. The second kappa shape index (κ2) is 10.7. The van der Waals surface area contributed by atoms with E-state index in [0.29, 0.717) is 54.2 Å². The molecule has 39 heavy (non-hydrogen) atoms. The third-order valence-electron chi connectivity index (χ3n) is 9.00. The predicted molar refractivity (Wildman–Crippen MR) is 153 cm³/mol. The molecule has 1 saturated heterocycles. The number of fused-ring (bicyclic) bond motifs is 1. The maximum atomic E-state index is 13.4. The van der Waals surface area contributed by atoms with Crippen molar-refractivity contribution in [2.45, 2.75) is 100 Å². The van der Waals surface area contributed by atoms with Crippen molar-refractivity contribution in [2.75, 3.05) is 23.7 Å². The maximum Gasteiger partial charge on any atom is 0.243 e. The summed E-state index contributed by atoms with van der Waals surface area (Å²) in [5.74, 6) is 1.05. The van der Waals surface area contributed by atoms with Gasteiger partial charge in [0.05, 0.1) is 11.2 Å². The average Bonchev–Trinajstić information content (AvgIpc) is 3.61. The number of hydrogen-bond acceptors (Lipinski definition) is 8. The summed E-state index contributed by atoms with van der Waals surface area (Å²) in [5, 5.41) is 0. The zero-order valence-electron chi connectivity index (χ0n) is 22.7. The minimum Gasteiger partial charge on any atom is -0.382 e. The number of nitrogens with two attached hydrogens (primary N) is 2. The molecule has 1 aliphatic heterocycles. The standard InChI is InChI=1S/C28H40N8O2S/c1-19-6-12-24(13-7-19)39(37,38)34-16-14-23(15-17-34)36(22-10-8-20(29)9-11-22)28-32-26(30)25-27(33-28)35(18-31-25)21-4-2-3-5-21/h6-7,12-13,18,20-23H,2-5,8-11,14-17,29H2,1H3,(H2,30,32,33). The van der Waals surface area contributed by atoms with Gasteiger partial charge in [-0.2, -0.15) is 14.3 Å². The van der Waals surface area contributed by atoms with Gasteiger partial charge in [0.2, 0.25) is 16.0 Å². The lowest BCUT2D eigenvalue weighted by Crippen LogP contribution is -2.52. The zero-order chi connectivity index (χ0) is 27.1. The van der Waals surface area contributed by atoms with Crippen LogP contribution in [0.1, 0.15) is 75.8 Å². The number of aryl methyl sites for hydroxylation is 1. The highest BCUT2D eigenvalue weighted by atomic mass is 32.2. The zero-order valence-corrected chi connectivity index (χ0v) is 23.6. The van der Waals surface area contributed by atoms with Crippen molar-refractivity contribution in [3.8, 4) is 0 Å². The molecule has 2 aliphatic carbocycles. The van der Waals surface area contributed by atoms with Gasteiger partial charge in [0, 0.05) is 37.3 Å². The Hall–Kier alpha value is -2.76. The molecule has 4 N–H and O–H groups in total. The molecule has 10 nitrogen and oxygen atoms in total. The lowest BCUT2D eigenvalue weighted by Gasteiger charge is -2.44. The van der Waals surface area contributed by atoms with Crippen LogP contribution >= 0.6 is 0 Å². The van der Waals surface area contributed by atoms with E-state index in [-0.39, 0.29) is 18.1 Å². The van der Waals surface area contributed by atoms with Crippen LogP contribution in [0, 0.1) is 6.92 Å². The summed E-state index contributed by atoms with van der Waals surface area (Å²) in [4.78, 5) is 17.2. The molecule has 3 aromatic rings. The third-order valence-corrected chi connectivity index (χ3v) is 10.9. The first-order chi connectivity index (χ1) is 18.8. The molecule has 6 rings (SSSR count). The Bertz CT molecular complexity index is 1400. The van der Waals surface area contributed by atoms with E-state index in [2.05, 4.69) is 14.5 Å². The summed E-state index contributed by atoms with van der Waals surface area (Å²) in [6.07, 6.45) is 11.8. The Morgan fingerprint density at radius 2 is 1.54 bits per heavy atom.